The summed E-state index contributed by atoms with van der Waals surface area (Å²) in [5, 5.41) is 16.1. The van der Waals surface area contributed by atoms with Crippen molar-refractivity contribution in [2.75, 3.05) is 25.0 Å². The quantitative estimate of drug-likeness (QED) is 0.534. The molecule has 0 radical (unpaired) electrons. The highest BCUT2D eigenvalue weighted by molar-refractivity contribution is 6.00. The monoisotopic (exact) mass is 426 g/mol. The lowest BCUT2D eigenvalue weighted by molar-refractivity contribution is -0.114. The van der Waals surface area contributed by atoms with Gasteiger partial charge in [-0.15, -0.1) is 0 Å². The third-order valence-electron chi connectivity index (χ3n) is 4.91. The van der Waals surface area contributed by atoms with Crippen molar-refractivity contribution in [2.24, 2.45) is 0 Å². The molecule has 0 bridgehead atoms. The minimum absolute atomic E-state index is 0.0618. The van der Waals surface area contributed by atoms with E-state index in [0.29, 0.717) is 36.6 Å². The summed E-state index contributed by atoms with van der Waals surface area (Å²) in [6.07, 6.45) is 0.487. The second-order valence-electron chi connectivity index (χ2n) is 8.42. The normalized spacial score (nSPS) is 15.5. The van der Waals surface area contributed by atoms with E-state index in [1.165, 1.54) is 6.92 Å². The van der Waals surface area contributed by atoms with Crippen LogP contribution in [0.15, 0.2) is 42.5 Å². The summed E-state index contributed by atoms with van der Waals surface area (Å²) in [5.41, 5.74) is 1.95. The number of hydrogen-bond donors (Lipinski definition) is 3. The molecule has 1 heterocycles. The van der Waals surface area contributed by atoms with Gasteiger partial charge >= 0.3 is 0 Å². The zero-order chi connectivity index (χ0) is 22.4. The molecule has 7 heteroatoms. The van der Waals surface area contributed by atoms with Crippen molar-refractivity contribution >= 4 is 17.4 Å². The summed E-state index contributed by atoms with van der Waals surface area (Å²) < 4.78 is 11.6. The molecule has 0 spiro atoms. The van der Waals surface area contributed by atoms with Crippen LogP contribution in [0, 0.1) is 0 Å². The van der Waals surface area contributed by atoms with Crippen LogP contribution < -0.4 is 20.1 Å². The number of rotatable bonds is 9. The highest BCUT2D eigenvalue weighted by atomic mass is 16.5. The number of aliphatic hydroxyl groups excluding tert-OH is 1. The first kappa shape index (κ1) is 22.8. The van der Waals surface area contributed by atoms with Crippen molar-refractivity contribution in [1.82, 2.24) is 5.32 Å². The van der Waals surface area contributed by atoms with Crippen LogP contribution in [0.25, 0.3) is 0 Å². The number of amides is 1. The molecule has 3 N–H and O–H groups in total. The predicted molar refractivity (Wildman–Crippen MR) is 119 cm³/mol. The fourth-order valence-corrected chi connectivity index (χ4v) is 3.43. The molecule has 1 aliphatic rings. The molecular formula is C24H30N2O5. The Labute approximate surface area is 182 Å². The van der Waals surface area contributed by atoms with Gasteiger partial charge in [-0.1, -0.05) is 12.1 Å². The summed E-state index contributed by atoms with van der Waals surface area (Å²) in [6.45, 7) is 6.49. The SMILES string of the molecule is CC(=O)Nc1ccc(CCNC[C@H](O)COc2ccc3c(c2)OC(C)(C)CC3=O)cc1. The summed E-state index contributed by atoms with van der Waals surface area (Å²) in [5.74, 6) is 1.05. The lowest BCUT2D eigenvalue weighted by Crippen LogP contribution is -2.36. The Morgan fingerprint density at radius 2 is 1.97 bits per heavy atom. The van der Waals surface area contributed by atoms with Crippen molar-refractivity contribution in [1.29, 1.82) is 0 Å². The molecule has 0 saturated heterocycles. The van der Waals surface area contributed by atoms with Gasteiger partial charge in [0.1, 0.15) is 29.8 Å². The number of fused-ring (bicyclic) bond motifs is 1. The van der Waals surface area contributed by atoms with Crippen LogP contribution in [0.3, 0.4) is 0 Å². The molecule has 3 rings (SSSR count). The Bertz CT molecular complexity index is 924. The highest BCUT2D eigenvalue weighted by Crippen LogP contribution is 2.35. The van der Waals surface area contributed by atoms with E-state index in [-0.39, 0.29) is 18.3 Å². The average molecular weight is 427 g/mol. The maximum atomic E-state index is 12.2. The van der Waals surface area contributed by atoms with E-state index in [2.05, 4.69) is 10.6 Å². The molecule has 0 saturated carbocycles. The van der Waals surface area contributed by atoms with Gasteiger partial charge in [-0.25, -0.2) is 0 Å². The zero-order valence-electron chi connectivity index (χ0n) is 18.2. The number of carbonyl (C=O) groups excluding carboxylic acids is 2. The van der Waals surface area contributed by atoms with Gasteiger partial charge in [0.05, 0.1) is 12.0 Å². The van der Waals surface area contributed by atoms with E-state index in [9.17, 15) is 14.7 Å². The fourth-order valence-electron chi connectivity index (χ4n) is 3.43. The number of ether oxygens (including phenoxy) is 2. The Morgan fingerprint density at radius 1 is 1.23 bits per heavy atom. The third kappa shape index (κ3) is 6.80. The highest BCUT2D eigenvalue weighted by Gasteiger charge is 2.32. The number of aliphatic hydroxyl groups is 1. The molecule has 166 valence electrons. The van der Waals surface area contributed by atoms with E-state index < -0.39 is 11.7 Å². The van der Waals surface area contributed by atoms with Gasteiger partial charge < -0.3 is 25.2 Å². The Balaban J connectivity index is 1.39. The third-order valence-corrected chi connectivity index (χ3v) is 4.91. The van der Waals surface area contributed by atoms with Gasteiger partial charge in [-0.2, -0.15) is 0 Å². The van der Waals surface area contributed by atoms with Crippen LogP contribution in [0.1, 0.15) is 43.1 Å². The number of ketones is 1. The smallest absolute Gasteiger partial charge is 0.221 e. The van der Waals surface area contributed by atoms with E-state index in [1.54, 1.807) is 18.2 Å². The van der Waals surface area contributed by atoms with Gasteiger partial charge in [0, 0.05) is 25.2 Å². The summed E-state index contributed by atoms with van der Waals surface area (Å²) in [4.78, 5) is 23.2. The number of anilines is 1. The van der Waals surface area contributed by atoms with Crippen LogP contribution in [-0.2, 0) is 11.2 Å². The molecule has 7 nitrogen and oxygen atoms in total. The van der Waals surface area contributed by atoms with Crippen molar-refractivity contribution in [3.05, 3.63) is 53.6 Å². The van der Waals surface area contributed by atoms with E-state index in [1.807, 2.05) is 38.1 Å². The first-order chi connectivity index (χ1) is 14.7. The molecule has 1 atom stereocenters. The van der Waals surface area contributed by atoms with Gasteiger partial charge in [0.15, 0.2) is 5.78 Å². The number of nitrogens with one attached hydrogen (secondary N) is 2. The van der Waals surface area contributed by atoms with Gasteiger partial charge in [0.25, 0.3) is 0 Å². The lowest BCUT2D eigenvalue weighted by Gasteiger charge is -2.31. The Morgan fingerprint density at radius 3 is 2.68 bits per heavy atom. The predicted octanol–water partition coefficient (Wildman–Crippen LogP) is 2.96. The van der Waals surface area contributed by atoms with Gasteiger partial charge in [-0.3, -0.25) is 9.59 Å². The van der Waals surface area contributed by atoms with Crippen LogP contribution in [-0.4, -0.2) is 48.2 Å². The van der Waals surface area contributed by atoms with Crippen LogP contribution in [0.5, 0.6) is 11.5 Å². The lowest BCUT2D eigenvalue weighted by atomic mass is 9.93. The van der Waals surface area contributed by atoms with Crippen LogP contribution in [0.2, 0.25) is 0 Å². The first-order valence-electron chi connectivity index (χ1n) is 10.5. The summed E-state index contributed by atoms with van der Waals surface area (Å²) in [7, 11) is 0. The zero-order valence-corrected chi connectivity index (χ0v) is 18.2. The van der Waals surface area contributed by atoms with E-state index in [4.69, 9.17) is 9.47 Å². The second-order valence-corrected chi connectivity index (χ2v) is 8.42. The van der Waals surface area contributed by atoms with Crippen LogP contribution >= 0.6 is 0 Å². The molecule has 1 aliphatic heterocycles. The number of Topliss-reactive ketones (excluding diaryl/α,β-unsaturated/α-hetero) is 1. The van der Waals surface area contributed by atoms with Crippen LogP contribution in [0.4, 0.5) is 5.69 Å². The maximum Gasteiger partial charge on any atom is 0.221 e. The Hall–Kier alpha value is -2.90. The molecule has 2 aromatic carbocycles. The summed E-state index contributed by atoms with van der Waals surface area (Å²) in [6, 6.07) is 12.8. The molecule has 2 aromatic rings. The van der Waals surface area contributed by atoms with Crippen molar-refractivity contribution in [3.8, 4) is 11.5 Å². The second kappa shape index (κ2) is 9.94. The van der Waals surface area contributed by atoms with Crippen molar-refractivity contribution < 1.29 is 24.2 Å². The standard InChI is InChI=1S/C24H30N2O5/c1-16(27)26-18-6-4-17(5-7-18)10-11-25-14-19(28)15-30-20-8-9-21-22(29)13-24(2,3)31-23(21)12-20/h4-9,12,19,25,28H,10-11,13-15H2,1-3H3,(H,26,27)/t19-/m0/s1. The minimum Gasteiger partial charge on any atom is -0.491 e. The number of carbonyl (C=O) groups is 2. The summed E-state index contributed by atoms with van der Waals surface area (Å²) >= 11 is 0. The van der Waals surface area contributed by atoms with Crippen molar-refractivity contribution in [2.45, 2.75) is 45.3 Å². The maximum absolute atomic E-state index is 12.2. The Kier molecular flexibility index (Phi) is 7.30. The molecule has 1 amide bonds. The molecular weight excluding hydrogens is 396 g/mol. The first-order valence-corrected chi connectivity index (χ1v) is 10.5. The van der Waals surface area contributed by atoms with Gasteiger partial charge in [-0.05, 0) is 56.6 Å². The molecule has 31 heavy (non-hydrogen) atoms. The molecule has 0 aliphatic carbocycles. The fraction of sp³-hybridized carbons (Fsp3) is 0.417. The topological polar surface area (TPSA) is 96.9 Å². The van der Waals surface area contributed by atoms with Gasteiger partial charge in [0.2, 0.25) is 5.91 Å². The largest absolute Gasteiger partial charge is 0.491 e. The molecule has 0 fully saturated rings. The molecule has 0 unspecified atom stereocenters. The van der Waals surface area contributed by atoms with Crippen molar-refractivity contribution in [3.63, 3.8) is 0 Å². The number of benzene rings is 2. The molecule has 0 aromatic heterocycles. The van der Waals surface area contributed by atoms with E-state index in [0.717, 1.165) is 17.7 Å². The number of hydrogen-bond acceptors (Lipinski definition) is 6. The average Bonchev–Trinajstić information content (AvgIpc) is 2.69. The minimum atomic E-state index is -0.669. The van der Waals surface area contributed by atoms with E-state index >= 15 is 0 Å².